The quantitative estimate of drug-likeness (QED) is 0.790. The molecule has 1 N–H and O–H groups in total. The van der Waals surface area contributed by atoms with Crippen LogP contribution in [-0.2, 0) is 6.54 Å². The minimum atomic E-state index is -0.173. The van der Waals surface area contributed by atoms with E-state index in [-0.39, 0.29) is 5.91 Å². The van der Waals surface area contributed by atoms with Crippen LogP contribution >= 0.6 is 11.6 Å². The van der Waals surface area contributed by atoms with Crippen LogP contribution in [0.25, 0.3) is 11.0 Å². The van der Waals surface area contributed by atoms with Crippen LogP contribution < -0.4 is 5.32 Å². The van der Waals surface area contributed by atoms with Crippen LogP contribution in [0.2, 0.25) is 5.02 Å². The van der Waals surface area contributed by atoms with Crippen LogP contribution in [-0.4, -0.2) is 5.91 Å². The molecule has 0 aliphatic rings. The lowest BCUT2D eigenvalue weighted by Crippen LogP contribution is -2.22. The van der Waals surface area contributed by atoms with Gasteiger partial charge in [-0.2, -0.15) is 0 Å². The minimum Gasteiger partial charge on any atom is -0.459 e. The van der Waals surface area contributed by atoms with E-state index in [4.69, 9.17) is 16.0 Å². The topological polar surface area (TPSA) is 42.2 Å². The summed E-state index contributed by atoms with van der Waals surface area (Å²) in [5.41, 5.74) is 1.35. The van der Waals surface area contributed by atoms with Crippen LogP contribution in [0, 0.1) is 0 Å². The van der Waals surface area contributed by atoms with Gasteiger partial charge >= 0.3 is 0 Å². The zero-order valence-electron chi connectivity index (χ0n) is 10.6. The third-order valence-corrected chi connectivity index (χ3v) is 3.22. The zero-order chi connectivity index (χ0) is 13.9. The maximum absolute atomic E-state index is 12.0. The number of halogens is 1. The first-order chi connectivity index (χ1) is 9.72. The van der Waals surface area contributed by atoms with Gasteiger partial charge < -0.3 is 9.73 Å². The van der Waals surface area contributed by atoms with E-state index in [0.29, 0.717) is 17.1 Å². The third-order valence-electron chi connectivity index (χ3n) is 2.99. The lowest BCUT2D eigenvalue weighted by atomic mass is 10.2. The average molecular weight is 286 g/mol. The van der Waals surface area contributed by atoms with Crippen LogP contribution in [0.4, 0.5) is 0 Å². The Bertz CT molecular complexity index is 731. The van der Waals surface area contributed by atoms with E-state index < -0.39 is 0 Å². The molecular weight excluding hydrogens is 274 g/mol. The summed E-state index contributed by atoms with van der Waals surface area (Å²) in [5.74, 6) is 0.550. The number of hydrogen-bond acceptors (Lipinski definition) is 2. The fourth-order valence-electron chi connectivity index (χ4n) is 2.02. The molecule has 1 heterocycles. The molecule has 0 saturated carbocycles. The fraction of sp³-hybridized carbons (Fsp3) is 0.0625. The molecule has 0 fully saturated rings. The molecule has 3 rings (SSSR count). The molecular formula is C16H12ClNO2. The molecule has 3 aromatic rings. The fourth-order valence-corrected chi connectivity index (χ4v) is 2.21. The largest absolute Gasteiger partial charge is 0.459 e. The molecule has 3 nitrogen and oxygen atoms in total. The number of carbonyl (C=O) groups excluding carboxylic acids is 1. The Morgan fingerprint density at radius 2 is 1.95 bits per heavy atom. The second-order valence-electron chi connectivity index (χ2n) is 4.44. The van der Waals surface area contributed by atoms with E-state index in [1.54, 1.807) is 24.3 Å². The van der Waals surface area contributed by atoms with Gasteiger partial charge in [0.1, 0.15) is 11.3 Å². The Labute approximate surface area is 121 Å². The second kappa shape index (κ2) is 5.39. The van der Waals surface area contributed by atoms with Crippen molar-refractivity contribution in [1.29, 1.82) is 0 Å². The molecule has 0 aliphatic heterocycles. The summed E-state index contributed by atoms with van der Waals surface area (Å²) in [4.78, 5) is 12.0. The number of furan rings is 1. The Morgan fingerprint density at radius 3 is 2.75 bits per heavy atom. The van der Waals surface area contributed by atoms with Crippen molar-refractivity contribution < 1.29 is 9.21 Å². The number of amides is 1. The first-order valence-corrected chi connectivity index (χ1v) is 6.61. The number of benzene rings is 2. The summed E-state index contributed by atoms with van der Waals surface area (Å²) in [6, 6.07) is 16.5. The Kier molecular flexibility index (Phi) is 3.44. The van der Waals surface area contributed by atoms with Crippen LogP contribution in [0.5, 0.6) is 0 Å². The van der Waals surface area contributed by atoms with Gasteiger partial charge in [0.05, 0.1) is 6.54 Å². The van der Waals surface area contributed by atoms with Gasteiger partial charge in [0.15, 0.2) is 0 Å². The molecule has 1 aromatic heterocycles. The predicted molar refractivity (Wildman–Crippen MR) is 78.8 cm³/mol. The maximum Gasteiger partial charge on any atom is 0.251 e. The summed E-state index contributed by atoms with van der Waals surface area (Å²) < 4.78 is 5.64. The van der Waals surface area contributed by atoms with Crippen molar-refractivity contribution in [2.45, 2.75) is 6.54 Å². The third kappa shape index (κ3) is 2.68. The van der Waals surface area contributed by atoms with Crippen molar-refractivity contribution in [3.8, 4) is 0 Å². The number of nitrogens with one attached hydrogen (secondary N) is 1. The average Bonchev–Trinajstić information content (AvgIpc) is 2.87. The number of rotatable bonds is 3. The van der Waals surface area contributed by atoms with Gasteiger partial charge in [0, 0.05) is 16.0 Å². The molecule has 0 aliphatic carbocycles. The van der Waals surface area contributed by atoms with Gasteiger partial charge in [0.2, 0.25) is 0 Å². The van der Waals surface area contributed by atoms with Crippen molar-refractivity contribution in [2.75, 3.05) is 0 Å². The molecule has 0 saturated heterocycles. The van der Waals surface area contributed by atoms with E-state index in [2.05, 4.69) is 5.32 Å². The summed E-state index contributed by atoms with van der Waals surface area (Å²) in [7, 11) is 0. The summed E-state index contributed by atoms with van der Waals surface area (Å²) >= 11 is 5.86. The summed E-state index contributed by atoms with van der Waals surface area (Å²) in [6.45, 7) is 0.347. The van der Waals surface area contributed by atoms with E-state index >= 15 is 0 Å². The highest BCUT2D eigenvalue weighted by atomic mass is 35.5. The molecule has 0 radical (unpaired) electrons. The van der Waals surface area contributed by atoms with Crippen molar-refractivity contribution in [3.63, 3.8) is 0 Å². The van der Waals surface area contributed by atoms with Gasteiger partial charge in [-0.1, -0.05) is 35.9 Å². The van der Waals surface area contributed by atoms with Gasteiger partial charge in [-0.3, -0.25) is 4.79 Å². The highest BCUT2D eigenvalue weighted by Crippen LogP contribution is 2.18. The van der Waals surface area contributed by atoms with Crippen LogP contribution in [0.15, 0.2) is 59.0 Å². The standard InChI is InChI=1S/C16H12ClNO2/c17-13-6-3-5-12(8-13)16(19)18-10-14-9-11-4-1-2-7-15(11)20-14/h1-9H,10H2,(H,18,19). The summed E-state index contributed by atoms with van der Waals surface area (Å²) in [5, 5.41) is 4.38. The molecule has 0 atom stereocenters. The van der Waals surface area contributed by atoms with Crippen molar-refractivity contribution in [2.24, 2.45) is 0 Å². The SMILES string of the molecule is O=C(NCc1cc2ccccc2o1)c1cccc(Cl)c1. The first-order valence-electron chi connectivity index (χ1n) is 6.23. The highest BCUT2D eigenvalue weighted by molar-refractivity contribution is 6.30. The molecule has 0 unspecified atom stereocenters. The Hall–Kier alpha value is -2.26. The monoisotopic (exact) mass is 285 g/mol. The number of carbonyl (C=O) groups is 1. The van der Waals surface area contributed by atoms with Crippen molar-refractivity contribution >= 4 is 28.5 Å². The molecule has 1 amide bonds. The zero-order valence-corrected chi connectivity index (χ0v) is 11.4. The number of fused-ring (bicyclic) bond motifs is 1. The molecule has 100 valence electrons. The summed E-state index contributed by atoms with van der Waals surface area (Å²) in [6.07, 6.45) is 0. The molecule has 2 aromatic carbocycles. The van der Waals surface area contributed by atoms with Gasteiger partial charge in [-0.05, 0) is 30.3 Å². The lowest BCUT2D eigenvalue weighted by Gasteiger charge is -2.03. The van der Waals surface area contributed by atoms with E-state index in [9.17, 15) is 4.79 Å². The first kappa shape index (κ1) is 12.8. The molecule has 20 heavy (non-hydrogen) atoms. The number of para-hydroxylation sites is 1. The van der Waals surface area contributed by atoms with Crippen LogP contribution in [0.1, 0.15) is 16.1 Å². The maximum atomic E-state index is 12.0. The molecule has 4 heteroatoms. The smallest absolute Gasteiger partial charge is 0.251 e. The Balaban J connectivity index is 1.71. The molecule has 0 bridgehead atoms. The van der Waals surface area contributed by atoms with Crippen molar-refractivity contribution in [1.82, 2.24) is 5.32 Å². The minimum absolute atomic E-state index is 0.173. The molecule has 0 spiro atoms. The second-order valence-corrected chi connectivity index (χ2v) is 4.88. The highest BCUT2D eigenvalue weighted by Gasteiger charge is 2.08. The van der Waals surface area contributed by atoms with Crippen LogP contribution in [0.3, 0.4) is 0 Å². The van der Waals surface area contributed by atoms with E-state index in [0.717, 1.165) is 16.7 Å². The van der Waals surface area contributed by atoms with Crippen molar-refractivity contribution in [3.05, 3.63) is 70.9 Å². The lowest BCUT2D eigenvalue weighted by molar-refractivity contribution is 0.0948. The van der Waals surface area contributed by atoms with E-state index in [1.165, 1.54) is 0 Å². The van der Waals surface area contributed by atoms with Gasteiger partial charge in [-0.25, -0.2) is 0 Å². The van der Waals surface area contributed by atoms with Gasteiger partial charge in [0.25, 0.3) is 5.91 Å². The van der Waals surface area contributed by atoms with Gasteiger partial charge in [-0.15, -0.1) is 0 Å². The van der Waals surface area contributed by atoms with E-state index in [1.807, 2.05) is 30.3 Å². The normalized spacial score (nSPS) is 10.7. The predicted octanol–water partition coefficient (Wildman–Crippen LogP) is 4.02. The number of hydrogen-bond donors (Lipinski definition) is 1. The Morgan fingerprint density at radius 1 is 1.10 bits per heavy atom.